The lowest BCUT2D eigenvalue weighted by atomic mass is 10.2. The van der Waals surface area contributed by atoms with Crippen molar-refractivity contribution in [3.05, 3.63) is 69.8 Å². The molecule has 0 atom stereocenters. The number of hydrazine groups is 1. The van der Waals surface area contributed by atoms with Gasteiger partial charge in [0, 0.05) is 17.7 Å². The zero-order chi connectivity index (χ0) is 23.0. The molecule has 31 heavy (non-hydrogen) atoms. The number of nitro benzene ring substituents is 1. The highest BCUT2D eigenvalue weighted by Crippen LogP contribution is 2.12. The maximum atomic E-state index is 12.1. The van der Waals surface area contributed by atoms with E-state index in [-0.39, 0.29) is 16.1 Å². The number of amides is 3. The molecule has 0 fully saturated rings. The number of hydrogen-bond acceptors (Lipinski definition) is 7. The summed E-state index contributed by atoms with van der Waals surface area (Å²) in [5.41, 5.74) is 4.60. The molecule has 3 amide bonds. The van der Waals surface area contributed by atoms with Crippen molar-refractivity contribution in [2.45, 2.75) is 11.8 Å². The predicted molar refractivity (Wildman–Crippen MR) is 108 cm³/mol. The first-order valence-electron chi connectivity index (χ1n) is 8.75. The van der Waals surface area contributed by atoms with Crippen molar-refractivity contribution in [3.8, 4) is 0 Å². The minimum absolute atomic E-state index is 0.00694. The summed E-state index contributed by atoms with van der Waals surface area (Å²) in [4.78, 5) is 45.5. The molecule has 12 nitrogen and oxygen atoms in total. The van der Waals surface area contributed by atoms with Gasteiger partial charge in [0.2, 0.25) is 15.9 Å². The fourth-order valence-electron chi connectivity index (χ4n) is 2.21. The molecule has 0 spiro atoms. The molecule has 0 heterocycles. The molecular weight excluding hydrogens is 430 g/mol. The van der Waals surface area contributed by atoms with Gasteiger partial charge in [-0.15, -0.1) is 0 Å². The number of carbonyl (C=O) groups is 3. The first-order valence-corrected chi connectivity index (χ1v) is 10.2. The largest absolute Gasteiger partial charge is 0.346 e. The minimum atomic E-state index is -3.89. The van der Waals surface area contributed by atoms with E-state index in [2.05, 4.69) is 10.0 Å². The molecule has 2 aromatic rings. The molecule has 4 N–H and O–H groups in total. The number of hydrogen-bond donors (Lipinski definition) is 4. The number of carbonyl (C=O) groups excluding carboxylic acids is 3. The van der Waals surface area contributed by atoms with Gasteiger partial charge in [0.25, 0.3) is 17.5 Å². The number of aryl methyl sites for hydroxylation is 1. The van der Waals surface area contributed by atoms with Gasteiger partial charge in [-0.25, -0.2) is 13.1 Å². The first kappa shape index (κ1) is 23.4. The van der Waals surface area contributed by atoms with Crippen LogP contribution in [0.2, 0.25) is 0 Å². The normalized spacial score (nSPS) is 10.7. The highest BCUT2D eigenvalue weighted by atomic mass is 32.2. The third-order valence-electron chi connectivity index (χ3n) is 3.83. The summed E-state index contributed by atoms with van der Waals surface area (Å²) in [6, 6.07) is 10.9. The van der Waals surface area contributed by atoms with Crippen molar-refractivity contribution in [1.29, 1.82) is 0 Å². The minimum Gasteiger partial charge on any atom is -0.346 e. The van der Waals surface area contributed by atoms with Crippen LogP contribution in [0.25, 0.3) is 0 Å². The van der Waals surface area contributed by atoms with Crippen molar-refractivity contribution < 1.29 is 27.7 Å². The number of rotatable bonds is 8. The van der Waals surface area contributed by atoms with Gasteiger partial charge >= 0.3 is 0 Å². The average Bonchev–Trinajstić information content (AvgIpc) is 2.75. The molecule has 164 valence electrons. The van der Waals surface area contributed by atoms with Crippen LogP contribution in [0.15, 0.2) is 53.4 Å². The van der Waals surface area contributed by atoms with E-state index in [1.807, 2.05) is 10.9 Å². The number of nitrogens with zero attached hydrogens (tertiary/aromatic N) is 1. The van der Waals surface area contributed by atoms with Gasteiger partial charge in [-0.05, 0) is 25.1 Å². The number of nitro groups is 1. The van der Waals surface area contributed by atoms with E-state index in [1.165, 1.54) is 30.3 Å². The number of benzene rings is 2. The monoisotopic (exact) mass is 449 g/mol. The van der Waals surface area contributed by atoms with E-state index in [0.717, 1.165) is 11.6 Å². The Kier molecular flexibility index (Phi) is 7.76. The number of non-ortho nitro benzene ring substituents is 1. The summed E-state index contributed by atoms with van der Waals surface area (Å²) in [5, 5.41) is 12.9. The van der Waals surface area contributed by atoms with Crippen LogP contribution in [0.4, 0.5) is 5.69 Å². The predicted octanol–water partition coefficient (Wildman–Crippen LogP) is -0.241. The molecule has 13 heteroatoms. The van der Waals surface area contributed by atoms with E-state index < -0.39 is 45.8 Å². The average molecular weight is 449 g/mol. The summed E-state index contributed by atoms with van der Waals surface area (Å²) in [6.45, 7) is 0.665. The van der Waals surface area contributed by atoms with E-state index in [1.54, 1.807) is 19.1 Å². The Hall–Kier alpha value is -3.84. The highest BCUT2D eigenvalue weighted by molar-refractivity contribution is 7.89. The number of sulfonamides is 1. The Bertz CT molecular complexity index is 1100. The van der Waals surface area contributed by atoms with E-state index in [9.17, 15) is 32.9 Å². The van der Waals surface area contributed by atoms with Crippen LogP contribution in [0.3, 0.4) is 0 Å². The van der Waals surface area contributed by atoms with Crippen LogP contribution >= 0.6 is 0 Å². The van der Waals surface area contributed by atoms with Crippen LogP contribution in [-0.2, 0) is 19.6 Å². The van der Waals surface area contributed by atoms with Crippen molar-refractivity contribution in [2.75, 3.05) is 13.1 Å². The molecule has 0 aliphatic carbocycles. The maximum Gasteiger partial charge on any atom is 0.270 e. The molecule has 0 radical (unpaired) electrons. The van der Waals surface area contributed by atoms with E-state index in [4.69, 9.17) is 0 Å². The number of nitrogens with one attached hydrogen (secondary N) is 4. The summed E-state index contributed by atoms with van der Waals surface area (Å²) in [6.07, 6.45) is 0. The van der Waals surface area contributed by atoms with Crippen LogP contribution in [-0.4, -0.2) is 44.2 Å². The third kappa shape index (κ3) is 7.17. The SMILES string of the molecule is Cc1ccc(S(=O)(=O)NCC(=O)NCC(=O)NNC(=O)c2cccc([N+](=O)[O-])c2)cc1. The van der Waals surface area contributed by atoms with Crippen LogP contribution in [0.1, 0.15) is 15.9 Å². The Balaban J connectivity index is 1.76. The van der Waals surface area contributed by atoms with Gasteiger partial charge in [-0.2, -0.15) is 0 Å². The molecule has 0 aliphatic heterocycles. The van der Waals surface area contributed by atoms with Gasteiger partial charge in [-0.3, -0.25) is 35.3 Å². The van der Waals surface area contributed by atoms with E-state index in [0.29, 0.717) is 0 Å². The zero-order valence-corrected chi connectivity index (χ0v) is 17.1. The summed E-state index contributed by atoms with van der Waals surface area (Å²) >= 11 is 0. The molecule has 0 aromatic heterocycles. The van der Waals surface area contributed by atoms with Gasteiger partial charge in [-0.1, -0.05) is 23.8 Å². The van der Waals surface area contributed by atoms with Gasteiger partial charge in [0.05, 0.1) is 22.9 Å². The van der Waals surface area contributed by atoms with Crippen LogP contribution in [0, 0.1) is 17.0 Å². The summed E-state index contributed by atoms with van der Waals surface area (Å²) in [7, 11) is -3.89. The molecular formula is C18H19N5O7S. The van der Waals surface area contributed by atoms with Crippen molar-refractivity contribution in [3.63, 3.8) is 0 Å². The second-order valence-corrected chi connectivity index (χ2v) is 7.99. The molecule has 2 rings (SSSR count). The zero-order valence-electron chi connectivity index (χ0n) is 16.2. The second-order valence-electron chi connectivity index (χ2n) is 6.22. The highest BCUT2D eigenvalue weighted by Gasteiger charge is 2.16. The molecule has 0 saturated heterocycles. The smallest absolute Gasteiger partial charge is 0.270 e. The fourth-order valence-corrected chi connectivity index (χ4v) is 3.19. The van der Waals surface area contributed by atoms with Gasteiger partial charge in [0.1, 0.15) is 0 Å². The lowest BCUT2D eigenvalue weighted by Gasteiger charge is -2.09. The maximum absolute atomic E-state index is 12.1. The fraction of sp³-hybridized carbons (Fsp3) is 0.167. The van der Waals surface area contributed by atoms with Gasteiger partial charge < -0.3 is 5.32 Å². The van der Waals surface area contributed by atoms with Crippen molar-refractivity contribution in [1.82, 2.24) is 20.9 Å². The molecule has 0 aliphatic rings. The Morgan fingerprint density at radius 2 is 1.65 bits per heavy atom. The van der Waals surface area contributed by atoms with Gasteiger partial charge in [0.15, 0.2) is 0 Å². The standard InChI is InChI=1S/C18H19N5O7S/c1-12-5-7-15(8-6-12)31(29,30)20-11-16(24)19-10-17(25)21-22-18(26)13-3-2-4-14(9-13)23(27)28/h2-9,20H,10-11H2,1H3,(H,19,24)(H,21,25)(H,22,26). The van der Waals surface area contributed by atoms with Crippen LogP contribution in [0.5, 0.6) is 0 Å². The van der Waals surface area contributed by atoms with Crippen LogP contribution < -0.4 is 20.9 Å². The Morgan fingerprint density at radius 1 is 0.968 bits per heavy atom. The molecule has 2 aromatic carbocycles. The summed E-state index contributed by atoms with van der Waals surface area (Å²) in [5.74, 6) is -2.36. The Labute approximate surface area is 177 Å². The third-order valence-corrected chi connectivity index (χ3v) is 5.25. The molecule has 0 unspecified atom stereocenters. The second kappa shape index (κ2) is 10.3. The van der Waals surface area contributed by atoms with Crippen molar-refractivity contribution >= 4 is 33.4 Å². The topological polar surface area (TPSA) is 177 Å². The molecule has 0 bridgehead atoms. The lowest BCUT2D eigenvalue weighted by Crippen LogP contribution is -2.47. The van der Waals surface area contributed by atoms with Crippen molar-refractivity contribution in [2.24, 2.45) is 0 Å². The summed E-state index contributed by atoms with van der Waals surface area (Å²) < 4.78 is 26.3. The molecule has 0 saturated carbocycles. The Morgan fingerprint density at radius 3 is 2.29 bits per heavy atom. The first-order chi connectivity index (χ1) is 14.6. The lowest BCUT2D eigenvalue weighted by molar-refractivity contribution is -0.384. The van der Waals surface area contributed by atoms with E-state index >= 15 is 0 Å². The quantitative estimate of drug-likeness (QED) is 0.317.